The van der Waals surface area contributed by atoms with Gasteiger partial charge in [-0.05, 0) is 146 Å². The Hall–Kier alpha value is -3.88. The fraction of sp³-hybridized carbons (Fsp3) is 0.435. The van der Waals surface area contributed by atoms with Crippen LogP contribution in [0.5, 0.6) is 5.75 Å². The van der Waals surface area contributed by atoms with Crippen LogP contribution in [0.15, 0.2) is 109 Å². The molecule has 2 aliphatic carbocycles. The Balaban J connectivity index is 0.000000285. The third-order valence-corrected chi connectivity index (χ3v) is 11.9. The number of benzene rings is 4. The topological polar surface area (TPSA) is 73.9 Å². The number of rotatable bonds is 11. The van der Waals surface area contributed by atoms with Crippen LogP contribution in [0.4, 0.5) is 11.4 Å². The highest BCUT2D eigenvalue weighted by atomic mass is 35.5. The molecule has 0 heterocycles. The summed E-state index contributed by atoms with van der Waals surface area (Å²) in [5.74, 6) is 1.94. The van der Waals surface area contributed by atoms with Crippen molar-refractivity contribution < 1.29 is 14.3 Å². The number of methoxy groups -OCH3 is 1. The molecule has 0 aliphatic heterocycles. The van der Waals surface area contributed by atoms with E-state index in [1.165, 1.54) is 16.7 Å². The number of ether oxygens (including phenoxy) is 1. The smallest absolute Gasteiger partial charge is 0.224 e. The Labute approximate surface area is 342 Å². The van der Waals surface area contributed by atoms with Crippen LogP contribution in [-0.4, -0.2) is 56.9 Å². The number of amides is 2. The first-order valence-corrected chi connectivity index (χ1v) is 19.3. The molecule has 0 bridgehead atoms. The summed E-state index contributed by atoms with van der Waals surface area (Å²) < 4.78 is 5.15. The number of carbonyl (C=O) groups excluding carboxylic acids is 2. The largest absolute Gasteiger partial charge is 0.497 e. The maximum atomic E-state index is 12.4. The molecule has 4 aromatic carbocycles. The predicted octanol–water partition coefficient (Wildman–Crippen LogP) is 10.5. The fourth-order valence-corrected chi connectivity index (χ4v) is 8.46. The van der Waals surface area contributed by atoms with Crippen molar-refractivity contribution in [3.8, 4) is 5.75 Å². The summed E-state index contributed by atoms with van der Waals surface area (Å²) in [5, 5.41) is 6.05. The van der Waals surface area contributed by atoms with Crippen LogP contribution in [0.1, 0.15) is 80.9 Å². The second-order valence-electron chi connectivity index (χ2n) is 15.6. The molecule has 2 fully saturated rings. The fourth-order valence-electron chi connectivity index (χ4n) is 8.46. The summed E-state index contributed by atoms with van der Waals surface area (Å²) in [4.78, 5) is 29.6. The molecule has 0 saturated heterocycles. The van der Waals surface area contributed by atoms with E-state index in [0.29, 0.717) is 24.7 Å². The van der Waals surface area contributed by atoms with E-state index >= 15 is 0 Å². The number of carbonyl (C=O) groups is 2. The lowest BCUT2D eigenvalue weighted by atomic mass is 9.71. The lowest BCUT2D eigenvalue weighted by molar-refractivity contribution is -0.118. The van der Waals surface area contributed by atoms with E-state index in [4.69, 9.17) is 4.74 Å². The predicted molar refractivity (Wildman–Crippen MR) is 233 cm³/mol. The van der Waals surface area contributed by atoms with Crippen molar-refractivity contribution in [3.05, 3.63) is 126 Å². The van der Waals surface area contributed by atoms with Crippen LogP contribution in [-0.2, 0) is 20.7 Å². The standard InChI is InChI=1S/C23H30N2O2.C23H30N2O.2ClH/c1-25(2)23(19-7-5-4-6-8-19)15-13-18(14-16-23)17-22(26)24-20-9-11-21(27-3)12-10-20;1-18-9-11-21(12-10-18)24-22(26)17-19-13-15-23(16-14-19,25(2)3)20-7-5-4-6-8-20;;/h4-12,18H,13-17H2,1-3H3,(H,24,26);4-12,19H,13-17H2,1-3H3,(H,24,26);2*1H. The van der Waals surface area contributed by atoms with E-state index in [9.17, 15) is 9.59 Å². The first-order chi connectivity index (χ1) is 25.5. The Kier molecular flexibility index (Phi) is 17.7. The number of halogens is 2. The number of aryl methyl sites for hydroxylation is 1. The van der Waals surface area contributed by atoms with E-state index in [1.54, 1.807) is 7.11 Å². The van der Waals surface area contributed by atoms with Crippen molar-refractivity contribution in [2.24, 2.45) is 11.8 Å². The zero-order chi connectivity index (χ0) is 37.8. The Morgan fingerprint density at radius 3 is 1.25 bits per heavy atom. The van der Waals surface area contributed by atoms with Gasteiger partial charge in [0.2, 0.25) is 11.8 Å². The number of hydrogen-bond donors (Lipinski definition) is 2. The third kappa shape index (κ3) is 12.1. The van der Waals surface area contributed by atoms with E-state index in [0.717, 1.165) is 68.5 Å². The van der Waals surface area contributed by atoms with Gasteiger partial charge in [0.05, 0.1) is 7.11 Å². The minimum atomic E-state index is 0. The summed E-state index contributed by atoms with van der Waals surface area (Å²) in [6.07, 6.45) is 9.92. The molecule has 0 radical (unpaired) electrons. The van der Waals surface area contributed by atoms with Gasteiger partial charge in [-0.15, -0.1) is 24.8 Å². The van der Waals surface area contributed by atoms with Gasteiger partial charge in [0, 0.05) is 35.3 Å². The Bertz CT molecular complexity index is 1720. The van der Waals surface area contributed by atoms with Crippen molar-refractivity contribution in [1.29, 1.82) is 0 Å². The van der Waals surface area contributed by atoms with Crippen LogP contribution >= 0.6 is 24.8 Å². The van der Waals surface area contributed by atoms with Crippen LogP contribution in [0.25, 0.3) is 0 Å². The number of nitrogens with zero attached hydrogens (tertiary/aromatic N) is 2. The first-order valence-electron chi connectivity index (χ1n) is 19.3. The van der Waals surface area contributed by atoms with E-state index < -0.39 is 0 Å². The average molecular weight is 790 g/mol. The minimum Gasteiger partial charge on any atom is -0.497 e. The van der Waals surface area contributed by atoms with Crippen molar-refractivity contribution in [2.45, 2.75) is 82.2 Å². The highest BCUT2D eigenvalue weighted by molar-refractivity contribution is 5.91. The van der Waals surface area contributed by atoms with Crippen molar-refractivity contribution in [2.75, 3.05) is 45.9 Å². The Morgan fingerprint density at radius 1 is 0.582 bits per heavy atom. The molecular weight excluding hydrogens is 727 g/mol. The highest BCUT2D eigenvalue weighted by Gasteiger charge is 2.40. The first kappa shape index (κ1) is 45.5. The van der Waals surface area contributed by atoms with Gasteiger partial charge in [-0.2, -0.15) is 0 Å². The van der Waals surface area contributed by atoms with Gasteiger partial charge in [-0.25, -0.2) is 0 Å². The molecule has 0 atom stereocenters. The van der Waals surface area contributed by atoms with E-state index in [-0.39, 0.29) is 47.7 Å². The maximum absolute atomic E-state index is 12.4. The van der Waals surface area contributed by atoms with Gasteiger partial charge >= 0.3 is 0 Å². The van der Waals surface area contributed by atoms with Crippen LogP contribution in [0, 0.1) is 18.8 Å². The van der Waals surface area contributed by atoms with Gasteiger partial charge in [0.1, 0.15) is 5.75 Å². The van der Waals surface area contributed by atoms with Crippen LogP contribution in [0.3, 0.4) is 0 Å². The SMILES string of the molecule is COc1ccc(NC(=O)CC2CCC(c3ccccc3)(N(C)C)CC2)cc1.Cc1ccc(NC(=O)CC2CCC(c3ccccc3)(N(C)C)CC2)cc1.Cl.Cl. The molecule has 2 amide bonds. The zero-order valence-electron chi connectivity index (χ0n) is 33.6. The molecular formula is C46H62Cl2N4O3. The average Bonchev–Trinajstić information content (AvgIpc) is 3.17. The molecule has 2 saturated carbocycles. The molecule has 2 aliphatic rings. The summed E-state index contributed by atoms with van der Waals surface area (Å²) in [7, 11) is 10.3. The lowest BCUT2D eigenvalue weighted by Crippen LogP contribution is -2.44. The number of hydrogen-bond acceptors (Lipinski definition) is 5. The van der Waals surface area contributed by atoms with Gasteiger partial charge in [-0.1, -0.05) is 78.4 Å². The summed E-state index contributed by atoms with van der Waals surface area (Å²) in [5.41, 5.74) is 5.89. The molecule has 2 N–H and O–H groups in total. The summed E-state index contributed by atoms with van der Waals surface area (Å²) >= 11 is 0. The molecule has 4 aromatic rings. The second-order valence-corrected chi connectivity index (χ2v) is 15.6. The summed E-state index contributed by atoms with van der Waals surface area (Å²) in [6.45, 7) is 2.05. The molecule has 9 heteroatoms. The van der Waals surface area contributed by atoms with Crippen molar-refractivity contribution in [3.63, 3.8) is 0 Å². The minimum absolute atomic E-state index is 0. The van der Waals surface area contributed by atoms with Crippen molar-refractivity contribution >= 4 is 48.0 Å². The number of nitrogens with one attached hydrogen (secondary N) is 2. The van der Waals surface area contributed by atoms with Gasteiger partial charge in [-0.3, -0.25) is 19.4 Å². The quantitative estimate of drug-likeness (QED) is 0.158. The Morgan fingerprint density at radius 2 is 0.927 bits per heavy atom. The zero-order valence-corrected chi connectivity index (χ0v) is 35.2. The lowest BCUT2D eigenvalue weighted by Gasteiger charge is -2.45. The van der Waals surface area contributed by atoms with Gasteiger partial charge < -0.3 is 15.4 Å². The molecule has 7 nitrogen and oxygen atoms in total. The highest BCUT2D eigenvalue weighted by Crippen LogP contribution is 2.45. The third-order valence-electron chi connectivity index (χ3n) is 11.9. The molecule has 6 rings (SSSR count). The van der Waals surface area contributed by atoms with Crippen LogP contribution in [0.2, 0.25) is 0 Å². The molecule has 0 spiro atoms. The van der Waals surface area contributed by atoms with Gasteiger partial charge in [0.15, 0.2) is 0 Å². The second kappa shape index (κ2) is 21.4. The van der Waals surface area contributed by atoms with E-state index in [2.05, 4.69) is 116 Å². The monoisotopic (exact) mass is 788 g/mol. The van der Waals surface area contributed by atoms with Gasteiger partial charge in [0.25, 0.3) is 0 Å². The molecule has 0 unspecified atom stereocenters. The molecule has 55 heavy (non-hydrogen) atoms. The summed E-state index contributed by atoms with van der Waals surface area (Å²) in [6, 6.07) is 37.1. The van der Waals surface area contributed by atoms with E-state index in [1.807, 2.05) is 48.5 Å². The maximum Gasteiger partial charge on any atom is 0.224 e. The molecule has 0 aromatic heterocycles. The van der Waals surface area contributed by atoms with Crippen LogP contribution < -0.4 is 15.4 Å². The molecule has 298 valence electrons. The normalized spacial score (nSPS) is 21.9. The number of anilines is 2. The van der Waals surface area contributed by atoms with Crippen molar-refractivity contribution in [1.82, 2.24) is 9.80 Å².